The Morgan fingerprint density at radius 2 is 2.15 bits per heavy atom. The number of nitrogens with two attached hydrogens (primary N) is 1. The lowest BCUT2D eigenvalue weighted by atomic mass is 9.93. The van der Waals surface area contributed by atoms with Crippen LogP contribution in [-0.2, 0) is 0 Å². The number of hydrogen-bond acceptors (Lipinski definition) is 3. The standard InChI is InChI=1S/C15H22BrN3O/c1-18-7-4-11-5-8-19(9-6-11)14-10-12(16)2-3-13(14)15(17)20/h2-3,10-11,18H,4-9H2,1H3,(H2,17,20). The van der Waals surface area contributed by atoms with E-state index in [1.54, 1.807) is 6.07 Å². The van der Waals surface area contributed by atoms with Crippen LogP contribution in [0, 0.1) is 5.92 Å². The van der Waals surface area contributed by atoms with Gasteiger partial charge in [-0.25, -0.2) is 0 Å². The Hall–Kier alpha value is -1.07. The van der Waals surface area contributed by atoms with Crippen LogP contribution in [0.4, 0.5) is 5.69 Å². The smallest absolute Gasteiger partial charge is 0.250 e. The first-order valence-electron chi connectivity index (χ1n) is 7.10. The molecule has 0 unspecified atom stereocenters. The largest absolute Gasteiger partial charge is 0.371 e. The van der Waals surface area contributed by atoms with Crippen molar-refractivity contribution in [2.24, 2.45) is 11.7 Å². The van der Waals surface area contributed by atoms with Crippen molar-refractivity contribution in [3.8, 4) is 0 Å². The number of primary amides is 1. The Labute approximate surface area is 128 Å². The van der Waals surface area contributed by atoms with Gasteiger partial charge in [0.15, 0.2) is 0 Å². The number of hydrogen-bond donors (Lipinski definition) is 2. The fourth-order valence-electron chi connectivity index (χ4n) is 2.79. The van der Waals surface area contributed by atoms with Crippen LogP contribution in [0.15, 0.2) is 22.7 Å². The number of benzene rings is 1. The van der Waals surface area contributed by atoms with Crippen LogP contribution >= 0.6 is 15.9 Å². The molecule has 4 nitrogen and oxygen atoms in total. The van der Waals surface area contributed by atoms with E-state index in [1.165, 1.54) is 19.3 Å². The van der Waals surface area contributed by atoms with Crippen LogP contribution in [0.2, 0.25) is 0 Å². The zero-order chi connectivity index (χ0) is 14.5. The van der Waals surface area contributed by atoms with Gasteiger partial charge in [0, 0.05) is 17.6 Å². The summed E-state index contributed by atoms with van der Waals surface area (Å²) in [5.41, 5.74) is 7.05. The lowest BCUT2D eigenvalue weighted by molar-refractivity contribution is 0.100. The molecule has 1 saturated heterocycles. The maximum Gasteiger partial charge on any atom is 0.250 e. The zero-order valence-electron chi connectivity index (χ0n) is 11.9. The molecule has 1 fully saturated rings. The third kappa shape index (κ3) is 3.73. The number of piperidine rings is 1. The van der Waals surface area contributed by atoms with Gasteiger partial charge >= 0.3 is 0 Å². The second-order valence-corrected chi connectivity index (χ2v) is 6.26. The molecular formula is C15H22BrN3O. The molecule has 1 aromatic rings. The Morgan fingerprint density at radius 1 is 1.45 bits per heavy atom. The molecule has 1 aliphatic heterocycles. The van der Waals surface area contributed by atoms with Gasteiger partial charge in [0.2, 0.25) is 0 Å². The monoisotopic (exact) mass is 339 g/mol. The number of anilines is 1. The van der Waals surface area contributed by atoms with Crippen molar-refractivity contribution in [1.29, 1.82) is 0 Å². The van der Waals surface area contributed by atoms with Crippen LogP contribution in [0.5, 0.6) is 0 Å². The average Bonchev–Trinajstić information content (AvgIpc) is 2.45. The summed E-state index contributed by atoms with van der Waals surface area (Å²) < 4.78 is 0.981. The third-order valence-electron chi connectivity index (χ3n) is 3.98. The average molecular weight is 340 g/mol. The summed E-state index contributed by atoms with van der Waals surface area (Å²) in [5.74, 6) is 0.424. The lowest BCUT2D eigenvalue weighted by Crippen LogP contribution is -2.35. The van der Waals surface area contributed by atoms with Gasteiger partial charge in [-0.15, -0.1) is 0 Å². The van der Waals surface area contributed by atoms with E-state index in [1.807, 2.05) is 19.2 Å². The Morgan fingerprint density at radius 3 is 2.75 bits per heavy atom. The van der Waals surface area contributed by atoms with Crippen molar-refractivity contribution in [1.82, 2.24) is 5.32 Å². The molecule has 3 N–H and O–H groups in total. The van der Waals surface area contributed by atoms with Crippen LogP contribution in [0.25, 0.3) is 0 Å². The minimum atomic E-state index is -0.357. The van der Waals surface area contributed by atoms with Crippen molar-refractivity contribution < 1.29 is 4.79 Å². The predicted octanol–water partition coefficient (Wildman–Crippen LogP) is 2.37. The number of rotatable bonds is 5. The highest BCUT2D eigenvalue weighted by molar-refractivity contribution is 9.10. The quantitative estimate of drug-likeness (QED) is 0.865. The molecule has 20 heavy (non-hydrogen) atoms. The van der Waals surface area contributed by atoms with E-state index in [-0.39, 0.29) is 5.91 Å². The molecule has 0 aliphatic carbocycles. The van der Waals surface area contributed by atoms with Gasteiger partial charge in [-0.2, -0.15) is 0 Å². The maximum atomic E-state index is 11.6. The number of carbonyl (C=O) groups is 1. The number of nitrogens with zero attached hydrogens (tertiary/aromatic N) is 1. The predicted molar refractivity (Wildman–Crippen MR) is 86.1 cm³/mol. The number of halogens is 1. The van der Waals surface area contributed by atoms with Crippen LogP contribution < -0.4 is 16.0 Å². The van der Waals surface area contributed by atoms with Gasteiger partial charge in [-0.3, -0.25) is 4.79 Å². The first-order chi connectivity index (χ1) is 9.61. The van der Waals surface area contributed by atoms with Crippen LogP contribution in [0.3, 0.4) is 0 Å². The third-order valence-corrected chi connectivity index (χ3v) is 4.48. The number of carbonyl (C=O) groups excluding carboxylic acids is 1. The molecule has 2 rings (SSSR count). The number of nitrogens with one attached hydrogen (secondary N) is 1. The van der Waals surface area contributed by atoms with E-state index in [2.05, 4.69) is 26.1 Å². The topological polar surface area (TPSA) is 58.4 Å². The Bertz CT molecular complexity index is 470. The van der Waals surface area contributed by atoms with Gasteiger partial charge in [-0.1, -0.05) is 15.9 Å². The van der Waals surface area contributed by atoms with E-state index in [0.717, 1.165) is 35.7 Å². The highest BCUT2D eigenvalue weighted by atomic mass is 79.9. The van der Waals surface area contributed by atoms with Gasteiger partial charge in [0.05, 0.1) is 11.3 Å². The van der Waals surface area contributed by atoms with E-state index >= 15 is 0 Å². The van der Waals surface area contributed by atoms with Gasteiger partial charge in [-0.05, 0) is 57.0 Å². The van der Waals surface area contributed by atoms with E-state index in [9.17, 15) is 4.79 Å². The molecule has 110 valence electrons. The second-order valence-electron chi connectivity index (χ2n) is 5.35. The molecule has 0 spiro atoms. The summed E-state index contributed by atoms with van der Waals surface area (Å²) in [6.45, 7) is 3.06. The molecule has 1 aromatic carbocycles. The molecule has 0 bridgehead atoms. The highest BCUT2D eigenvalue weighted by Crippen LogP contribution is 2.29. The van der Waals surface area contributed by atoms with E-state index < -0.39 is 0 Å². The molecule has 0 saturated carbocycles. The summed E-state index contributed by atoms with van der Waals surface area (Å²) in [7, 11) is 2.00. The summed E-state index contributed by atoms with van der Waals surface area (Å²) in [6.07, 6.45) is 3.57. The van der Waals surface area contributed by atoms with Crippen molar-refractivity contribution in [3.63, 3.8) is 0 Å². The van der Waals surface area contributed by atoms with Gasteiger partial charge < -0.3 is 16.0 Å². The number of amides is 1. The molecular weight excluding hydrogens is 318 g/mol. The van der Waals surface area contributed by atoms with Gasteiger partial charge in [0.25, 0.3) is 5.91 Å². The Kier molecular flexibility index (Phi) is 5.43. The fraction of sp³-hybridized carbons (Fsp3) is 0.533. The van der Waals surface area contributed by atoms with Crippen LogP contribution in [-0.4, -0.2) is 32.6 Å². The molecule has 0 radical (unpaired) electrons. The highest BCUT2D eigenvalue weighted by Gasteiger charge is 2.22. The summed E-state index contributed by atoms with van der Waals surface area (Å²) in [6, 6.07) is 5.66. The second kappa shape index (κ2) is 7.09. The molecule has 1 heterocycles. The first-order valence-corrected chi connectivity index (χ1v) is 7.90. The van der Waals surface area contributed by atoms with Crippen molar-refractivity contribution in [2.75, 3.05) is 31.6 Å². The van der Waals surface area contributed by atoms with Crippen molar-refractivity contribution >= 4 is 27.5 Å². The normalized spacial score (nSPS) is 16.4. The summed E-state index contributed by atoms with van der Waals surface area (Å²) >= 11 is 3.47. The Balaban J connectivity index is 2.06. The summed E-state index contributed by atoms with van der Waals surface area (Å²) in [4.78, 5) is 13.8. The maximum absolute atomic E-state index is 11.6. The molecule has 0 aromatic heterocycles. The minimum Gasteiger partial charge on any atom is -0.371 e. The minimum absolute atomic E-state index is 0.357. The molecule has 1 amide bonds. The fourth-order valence-corrected chi connectivity index (χ4v) is 3.13. The molecule has 0 atom stereocenters. The van der Waals surface area contributed by atoms with Crippen molar-refractivity contribution in [3.05, 3.63) is 28.2 Å². The lowest BCUT2D eigenvalue weighted by Gasteiger charge is -2.34. The SMILES string of the molecule is CNCCC1CCN(c2cc(Br)ccc2C(N)=O)CC1. The first kappa shape index (κ1) is 15.3. The van der Waals surface area contributed by atoms with Crippen molar-refractivity contribution in [2.45, 2.75) is 19.3 Å². The van der Waals surface area contributed by atoms with E-state index in [4.69, 9.17) is 5.73 Å². The zero-order valence-corrected chi connectivity index (χ0v) is 13.4. The molecule has 5 heteroatoms. The molecule has 1 aliphatic rings. The van der Waals surface area contributed by atoms with E-state index in [0.29, 0.717) is 5.56 Å². The van der Waals surface area contributed by atoms with Gasteiger partial charge in [0.1, 0.15) is 0 Å². The van der Waals surface area contributed by atoms with Crippen LogP contribution in [0.1, 0.15) is 29.6 Å². The summed E-state index contributed by atoms with van der Waals surface area (Å²) in [5, 5.41) is 3.21.